The summed E-state index contributed by atoms with van der Waals surface area (Å²) in [5.41, 5.74) is 2.11. The lowest BCUT2D eigenvalue weighted by Gasteiger charge is -2.18. The number of pyridine rings is 1. The van der Waals surface area contributed by atoms with E-state index < -0.39 is 0 Å². The molecular formula is C20H25N3O2. The molecule has 5 nitrogen and oxygen atoms in total. The van der Waals surface area contributed by atoms with Gasteiger partial charge in [-0.05, 0) is 38.3 Å². The molecular weight excluding hydrogens is 314 g/mol. The average Bonchev–Trinajstić information content (AvgIpc) is 2.67. The smallest absolute Gasteiger partial charge is 0.255 e. The molecule has 0 atom stereocenters. The average molecular weight is 339 g/mol. The van der Waals surface area contributed by atoms with Gasteiger partial charge in [-0.25, -0.2) is 0 Å². The molecule has 1 aromatic carbocycles. The first-order chi connectivity index (χ1) is 12.2. The van der Waals surface area contributed by atoms with Crippen molar-refractivity contribution in [3.63, 3.8) is 0 Å². The number of aromatic nitrogens is 1. The number of nitrogens with zero attached hydrogens (tertiary/aromatic N) is 2. The Morgan fingerprint density at radius 3 is 2.40 bits per heavy atom. The molecule has 2 amide bonds. The van der Waals surface area contributed by atoms with Crippen molar-refractivity contribution in [3.05, 3.63) is 65.5 Å². The second-order valence-electron chi connectivity index (χ2n) is 5.78. The lowest BCUT2D eigenvalue weighted by molar-refractivity contribution is 0.0772. The van der Waals surface area contributed by atoms with Crippen molar-refractivity contribution >= 4 is 11.8 Å². The van der Waals surface area contributed by atoms with Crippen LogP contribution >= 0.6 is 0 Å². The minimum Gasteiger partial charge on any atom is -0.352 e. The predicted octanol–water partition coefficient (Wildman–Crippen LogP) is 2.93. The number of aryl methyl sites for hydroxylation is 1. The fraction of sp³-hybridized carbons (Fsp3) is 0.350. The number of carbonyl (C=O) groups is 2. The molecule has 0 unspecified atom stereocenters. The van der Waals surface area contributed by atoms with Crippen molar-refractivity contribution in [2.75, 3.05) is 19.6 Å². The van der Waals surface area contributed by atoms with Gasteiger partial charge in [-0.1, -0.05) is 30.3 Å². The summed E-state index contributed by atoms with van der Waals surface area (Å²) in [4.78, 5) is 30.4. The van der Waals surface area contributed by atoms with Gasteiger partial charge in [-0.15, -0.1) is 0 Å². The topological polar surface area (TPSA) is 62.3 Å². The van der Waals surface area contributed by atoms with E-state index in [1.54, 1.807) is 11.0 Å². The molecule has 0 aliphatic carbocycles. The Kier molecular flexibility index (Phi) is 7.14. The van der Waals surface area contributed by atoms with Gasteiger partial charge >= 0.3 is 0 Å². The third-order valence-corrected chi connectivity index (χ3v) is 4.07. The van der Waals surface area contributed by atoms with Crippen LogP contribution in [-0.2, 0) is 6.42 Å². The lowest BCUT2D eigenvalue weighted by Crippen LogP contribution is -2.31. The normalized spacial score (nSPS) is 10.3. The van der Waals surface area contributed by atoms with Crippen molar-refractivity contribution in [2.24, 2.45) is 0 Å². The van der Waals surface area contributed by atoms with Crippen LogP contribution in [0.5, 0.6) is 0 Å². The van der Waals surface area contributed by atoms with Crippen molar-refractivity contribution in [3.8, 4) is 0 Å². The van der Waals surface area contributed by atoms with Crippen LogP contribution in [0, 0.1) is 0 Å². The number of hydrogen-bond acceptors (Lipinski definition) is 3. The van der Waals surface area contributed by atoms with Crippen LogP contribution in [-0.4, -0.2) is 41.3 Å². The summed E-state index contributed by atoms with van der Waals surface area (Å²) in [5, 5.41) is 2.89. The SMILES string of the molecule is CCN(CC)C(=O)c1cncc(C(=O)NCCCc2ccccc2)c1. The zero-order chi connectivity index (χ0) is 18.1. The standard InChI is InChI=1S/C20H25N3O2/c1-3-23(4-2)20(25)18-13-17(14-21-15-18)19(24)22-12-8-11-16-9-6-5-7-10-16/h5-7,9-10,13-15H,3-4,8,11-12H2,1-2H3,(H,22,24). The van der Waals surface area contributed by atoms with Gasteiger partial charge in [0.1, 0.15) is 0 Å². The van der Waals surface area contributed by atoms with Crippen molar-refractivity contribution in [2.45, 2.75) is 26.7 Å². The van der Waals surface area contributed by atoms with Crippen LogP contribution in [0.4, 0.5) is 0 Å². The molecule has 0 fully saturated rings. The Bertz CT molecular complexity index is 697. The van der Waals surface area contributed by atoms with E-state index in [9.17, 15) is 9.59 Å². The van der Waals surface area contributed by atoms with E-state index in [1.165, 1.54) is 18.0 Å². The van der Waals surface area contributed by atoms with Crippen LogP contribution in [0.3, 0.4) is 0 Å². The zero-order valence-electron chi connectivity index (χ0n) is 14.9. The summed E-state index contributed by atoms with van der Waals surface area (Å²) >= 11 is 0. The molecule has 1 heterocycles. The zero-order valence-corrected chi connectivity index (χ0v) is 14.9. The molecule has 1 N–H and O–H groups in total. The molecule has 0 radical (unpaired) electrons. The van der Waals surface area contributed by atoms with E-state index in [0.717, 1.165) is 12.8 Å². The fourth-order valence-electron chi connectivity index (χ4n) is 2.62. The Morgan fingerprint density at radius 2 is 1.72 bits per heavy atom. The number of amides is 2. The second kappa shape index (κ2) is 9.57. The Labute approximate surface area is 149 Å². The monoisotopic (exact) mass is 339 g/mol. The van der Waals surface area contributed by atoms with Gasteiger partial charge in [-0.3, -0.25) is 14.6 Å². The minimum atomic E-state index is -0.199. The van der Waals surface area contributed by atoms with E-state index >= 15 is 0 Å². The molecule has 132 valence electrons. The van der Waals surface area contributed by atoms with Gasteiger partial charge in [0.2, 0.25) is 0 Å². The summed E-state index contributed by atoms with van der Waals surface area (Å²) in [6, 6.07) is 11.8. The molecule has 0 saturated carbocycles. The van der Waals surface area contributed by atoms with E-state index in [-0.39, 0.29) is 11.8 Å². The van der Waals surface area contributed by atoms with Gasteiger partial charge in [0.15, 0.2) is 0 Å². The highest BCUT2D eigenvalue weighted by Crippen LogP contribution is 2.07. The maximum atomic E-state index is 12.4. The highest BCUT2D eigenvalue weighted by atomic mass is 16.2. The van der Waals surface area contributed by atoms with Crippen molar-refractivity contribution < 1.29 is 9.59 Å². The quantitative estimate of drug-likeness (QED) is 0.752. The third-order valence-electron chi connectivity index (χ3n) is 4.07. The largest absolute Gasteiger partial charge is 0.352 e. The molecule has 0 bridgehead atoms. The predicted molar refractivity (Wildman–Crippen MR) is 98.6 cm³/mol. The van der Waals surface area contributed by atoms with Crippen LogP contribution < -0.4 is 5.32 Å². The number of hydrogen-bond donors (Lipinski definition) is 1. The van der Waals surface area contributed by atoms with E-state index in [0.29, 0.717) is 30.8 Å². The van der Waals surface area contributed by atoms with Gasteiger partial charge in [0, 0.05) is 32.0 Å². The van der Waals surface area contributed by atoms with E-state index in [4.69, 9.17) is 0 Å². The highest BCUT2D eigenvalue weighted by molar-refractivity contribution is 5.99. The number of nitrogens with one attached hydrogen (secondary N) is 1. The van der Waals surface area contributed by atoms with Crippen LogP contribution in [0.15, 0.2) is 48.8 Å². The Morgan fingerprint density at radius 1 is 1.04 bits per heavy atom. The molecule has 25 heavy (non-hydrogen) atoms. The summed E-state index contributed by atoms with van der Waals surface area (Å²) in [6.07, 6.45) is 4.78. The minimum absolute atomic E-state index is 0.101. The lowest BCUT2D eigenvalue weighted by atomic mass is 10.1. The summed E-state index contributed by atoms with van der Waals surface area (Å²) in [5.74, 6) is -0.300. The first kappa shape index (κ1) is 18.6. The maximum Gasteiger partial charge on any atom is 0.255 e. The molecule has 1 aromatic heterocycles. The molecule has 2 rings (SSSR count). The number of rotatable bonds is 8. The van der Waals surface area contributed by atoms with Gasteiger partial charge in [0.05, 0.1) is 11.1 Å². The van der Waals surface area contributed by atoms with Gasteiger partial charge < -0.3 is 10.2 Å². The van der Waals surface area contributed by atoms with Crippen molar-refractivity contribution in [1.29, 1.82) is 0 Å². The molecule has 2 aromatic rings. The molecule has 0 aliphatic heterocycles. The summed E-state index contributed by atoms with van der Waals surface area (Å²) in [7, 11) is 0. The van der Waals surface area contributed by atoms with Crippen LogP contribution in [0.1, 0.15) is 46.5 Å². The van der Waals surface area contributed by atoms with Gasteiger partial charge in [0.25, 0.3) is 11.8 Å². The first-order valence-electron chi connectivity index (χ1n) is 8.72. The maximum absolute atomic E-state index is 12.4. The van der Waals surface area contributed by atoms with Gasteiger partial charge in [-0.2, -0.15) is 0 Å². The number of benzene rings is 1. The molecule has 0 aliphatic rings. The third kappa shape index (κ3) is 5.41. The summed E-state index contributed by atoms with van der Waals surface area (Å²) < 4.78 is 0. The number of carbonyl (C=O) groups excluding carboxylic acids is 2. The van der Waals surface area contributed by atoms with E-state index in [1.807, 2.05) is 32.0 Å². The second-order valence-corrected chi connectivity index (χ2v) is 5.78. The fourth-order valence-corrected chi connectivity index (χ4v) is 2.62. The molecule has 0 saturated heterocycles. The first-order valence-corrected chi connectivity index (χ1v) is 8.72. The highest BCUT2D eigenvalue weighted by Gasteiger charge is 2.15. The Hall–Kier alpha value is -2.69. The summed E-state index contributed by atoms with van der Waals surface area (Å²) in [6.45, 7) is 5.70. The molecule has 0 spiro atoms. The molecule has 5 heteroatoms. The van der Waals surface area contributed by atoms with Crippen molar-refractivity contribution in [1.82, 2.24) is 15.2 Å². The Balaban J connectivity index is 1.89. The van der Waals surface area contributed by atoms with Crippen LogP contribution in [0.2, 0.25) is 0 Å². The van der Waals surface area contributed by atoms with E-state index in [2.05, 4.69) is 22.4 Å². The van der Waals surface area contributed by atoms with Crippen LogP contribution in [0.25, 0.3) is 0 Å².